The minimum absolute atomic E-state index is 0.756. The highest BCUT2D eigenvalue weighted by molar-refractivity contribution is 5.72. The molecule has 4 aromatic rings. The van der Waals surface area contributed by atoms with Crippen molar-refractivity contribution in [2.24, 2.45) is 0 Å². The molecule has 0 spiro atoms. The van der Waals surface area contributed by atoms with Crippen LogP contribution in [-0.4, -0.2) is 9.97 Å². The Bertz CT molecular complexity index is 989. The molecular weight excluding hydrogens is 316 g/mol. The van der Waals surface area contributed by atoms with E-state index in [1.165, 1.54) is 11.1 Å². The molecule has 0 saturated carbocycles. The molecular formula is C24H20N2. The average molecular weight is 336 g/mol. The summed E-state index contributed by atoms with van der Waals surface area (Å²) in [6.45, 7) is 4.19. The molecule has 1 aromatic heterocycles. The highest BCUT2D eigenvalue weighted by Gasteiger charge is 2.10. The Kier molecular flexibility index (Phi) is 4.32. The fraction of sp³-hybridized carbons (Fsp3) is 0.0833. The summed E-state index contributed by atoms with van der Waals surface area (Å²) in [6, 6.07) is 29.1. The minimum Gasteiger partial charge on any atom is -0.228 e. The molecule has 0 aliphatic heterocycles. The van der Waals surface area contributed by atoms with Gasteiger partial charge >= 0.3 is 0 Å². The smallest absolute Gasteiger partial charge is 0.160 e. The normalized spacial score (nSPS) is 10.7. The molecule has 1 heterocycles. The largest absolute Gasteiger partial charge is 0.228 e. The molecule has 3 aromatic carbocycles. The van der Waals surface area contributed by atoms with Crippen molar-refractivity contribution in [2.45, 2.75) is 13.8 Å². The van der Waals surface area contributed by atoms with Crippen molar-refractivity contribution < 1.29 is 0 Å². The molecule has 0 aliphatic carbocycles. The first-order chi connectivity index (χ1) is 12.7. The first kappa shape index (κ1) is 16.2. The summed E-state index contributed by atoms with van der Waals surface area (Å²) in [5.41, 5.74) is 7.55. The quantitative estimate of drug-likeness (QED) is 0.452. The van der Waals surface area contributed by atoms with E-state index in [9.17, 15) is 0 Å². The standard InChI is InChI=1S/C24H20N2/c1-17-8-6-12-20(14-17)23-16-22(19-10-4-3-5-11-19)25-24(26-23)21-13-7-9-18(2)15-21/h3-16H,1-2H3. The van der Waals surface area contributed by atoms with Crippen LogP contribution in [0.25, 0.3) is 33.9 Å². The average Bonchev–Trinajstić information content (AvgIpc) is 2.68. The van der Waals surface area contributed by atoms with Crippen molar-refractivity contribution >= 4 is 0 Å². The minimum atomic E-state index is 0.756. The van der Waals surface area contributed by atoms with E-state index in [0.29, 0.717) is 0 Å². The van der Waals surface area contributed by atoms with Gasteiger partial charge < -0.3 is 0 Å². The van der Waals surface area contributed by atoms with Crippen LogP contribution in [0.2, 0.25) is 0 Å². The van der Waals surface area contributed by atoms with Crippen molar-refractivity contribution in [3.05, 3.63) is 96.1 Å². The zero-order chi connectivity index (χ0) is 17.9. The molecule has 0 aliphatic rings. The summed E-state index contributed by atoms with van der Waals surface area (Å²) in [5, 5.41) is 0. The van der Waals surface area contributed by atoms with Crippen LogP contribution in [0.3, 0.4) is 0 Å². The second kappa shape index (κ2) is 6.93. The molecule has 2 heteroatoms. The lowest BCUT2D eigenvalue weighted by Crippen LogP contribution is -1.96. The van der Waals surface area contributed by atoms with Gasteiger partial charge in [0.05, 0.1) is 11.4 Å². The maximum absolute atomic E-state index is 4.87. The van der Waals surface area contributed by atoms with Crippen LogP contribution in [0.1, 0.15) is 11.1 Å². The van der Waals surface area contributed by atoms with Gasteiger partial charge in [0, 0.05) is 16.7 Å². The monoisotopic (exact) mass is 336 g/mol. The Morgan fingerprint density at radius 3 is 1.69 bits per heavy atom. The van der Waals surface area contributed by atoms with Gasteiger partial charge in [-0.2, -0.15) is 0 Å². The van der Waals surface area contributed by atoms with E-state index in [4.69, 9.17) is 9.97 Å². The van der Waals surface area contributed by atoms with Gasteiger partial charge in [-0.05, 0) is 32.0 Å². The van der Waals surface area contributed by atoms with Crippen LogP contribution >= 0.6 is 0 Å². The van der Waals surface area contributed by atoms with Gasteiger partial charge in [0.2, 0.25) is 0 Å². The van der Waals surface area contributed by atoms with Crippen molar-refractivity contribution in [1.29, 1.82) is 0 Å². The topological polar surface area (TPSA) is 25.8 Å². The van der Waals surface area contributed by atoms with Crippen molar-refractivity contribution in [1.82, 2.24) is 9.97 Å². The van der Waals surface area contributed by atoms with E-state index in [-0.39, 0.29) is 0 Å². The van der Waals surface area contributed by atoms with Gasteiger partial charge in [0.25, 0.3) is 0 Å². The maximum Gasteiger partial charge on any atom is 0.160 e. The lowest BCUT2D eigenvalue weighted by atomic mass is 10.0. The fourth-order valence-electron chi connectivity index (χ4n) is 3.07. The van der Waals surface area contributed by atoms with Gasteiger partial charge in [-0.25, -0.2) is 9.97 Å². The maximum atomic E-state index is 4.87. The van der Waals surface area contributed by atoms with E-state index in [1.54, 1.807) is 0 Å². The third-order valence-corrected chi connectivity index (χ3v) is 4.39. The van der Waals surface area contributed by atoms with E-state index >= 15 is 0 Å². The number of nitrogens with zero attached hydrogens (tertiary/aromatic N) is 2. The van der Waals surface area contributed by atoms with Gasteiger partial charge in [-0.1, -0.05) is 77.9 Å². The second-order valence-electron chi connectivity index (χ2n) is 6.57. The number of rotatable bonds is 3. The predicted molar refractivity (Wildman–Crippen MR) is 108 cm³/mol. The first-order valence-electron chi connectivity index (χ1n) is 8.78. The van der Waals surface area contributed by atoms with E-state index in [2.05, 4.69) is 80.6 Å². The van der Waals surface area contributed by atoms with Crippen LogP contribution in [0, 0.1) is 13.8 Å². The summed E-state index contributed by atoms with van der Waals surface area (Å²) in [7, 11) is 0. The number of aromatic nitrogens is 2. The van der Waals surface area contributed by atoms with Crippen LogP contribution < -0.4 is 0 Å². The van der Waals surface area contributed by atoms with Gasteiger partial charge in [-0.3, -0.25) is 0 Å². The summed E-state index contributed by atoms with van der Waals surface area (Å²) in [6.07, 6.45) is 0. The molecule has 0 atom stereocenters. The Morgan fingerprint density at radius 1 is 0.500 bits per heavy atom. The third-order valence-electron chi connectivity index (χ3n) is 4.39. The number of hydrogen-bond acceptors (Lipinski definition) is 2. The molecule has 2 nitrogen and oxygen atoms in total. The second-order valence-corrected chi connectivity index (χ2v) is 6.57. The van der Waals surface area contributed by atoms with Crippen LogP contribution in [0.5, 0.6) is 0 Å². The summed E-state index contributed by atoms with van der Waals surface area (Å²) >= 11 is 0. The molecule has 26 heavy (non-hydrogen) atoms. The predicted octanol–water partition coefficient (Wildman–Crippen LogP) is 6.09. The lowest BCUT2D eigenvalue weighted by molar-refractivity contribution is 1.18. The zero-order valence-electron chi connectivity index (χ0n) is 15.0. The molecule has 0 radical (unpaired) electrons. The lowest BCUT2D eigenvalue weighted by Gasteiger charge is -2.10. The van der Waals surface area contributed by atoms with Crippen LogP contribution in [0.15, 0.2) is 84.9 Å². The SMILES string of the molecule is Cc1cccc(-c2cc(-c3ccccc3)nc(-c3cccc(C)c3)n2)c1. The fourth-order valence-corrected chi connectivity index (χ4v) is 3.07. The molecule has 0 N–H and O–H groups in total. The number of benzene rings is 3. The molecule has 0 saturated heterocycles. The molecule has 0 unspecified atom stereocenters. The third kappa shape index (κ3) is 3.40. The number of hydrogen-bond donors (Lipinski definition) is 0. The van der Waals surface area contributed by atoms with E-state index in [1.807, 2.05) is 18.2 Å². The molecule has 0 bridgehead atoms. The summed E-state index contributed by atoms with van der Waals surface area (Å²) in [5.74, 6) is 0.756. The van der Waals surface area contributed by atoms with Crippen molar-refractivity contribution in [2.75, 3.05) is 0 Å². The summed E-state index contributed by atoms with van der Waals surface area (Å²) in [4.78, 5) is 9.72. The first-order valence-corrected chi connectivity index (χ1v) is 8.78. The highest BCUT2D eigenvalue weighted by Crippen LogP contribution is 2.28. The Balaban J connectivity index is 1.93. The van der Waals surface area contributed by atoms with E-state index < -0.39 is 0 Å². The van der Waals surface area contributed by atoms with Crippen LogP contribution in [0.4, 0.5) is 0 Å². The zero-order valence-corrected chi connectivity index (χ0v) is 15.0. The number of aryl methyl sites for hydroxylation is 2. The Hall–Kier alpha value is -3.26. The van der Waals surface area contributed by atoms with E-state index in [0.717, 1.165) is 33.9 Å². The summed E-state index contributed by atoms with van der Waals surface area (Å²) < 4.78 is 0. The molecule has 4 rings (SSSR count). The Labute approximate surface area is 154 Å². The van der Waals surface area contributed by atoms with Gasteiger partial charge in [-0.15, -0.1) is 0 Å². The van der Waals surface area contributed by atoms with Crippen molar-refractivity contribution in [3.8, 4) is 33.9 Å². The molecule has 0 fully saturated rings. The van der Waals surface area contributed by atoms with Crippen LogP contribution in [-0.2, 0) is 0 Å². The molecule has 0 amide bonds. The van der Waals surface area contributed by atoms with Crippen molar-refractivity contribution in [3.63, 3.8) is 0 Å². The van der Waals surface area contributed by atoms with Gasteiger partial charge in [0.15, 0.2) is 5.82 Å². The molecule has 126 valence electrons. The van der Waals surface area contributed by atoms with Gasteiger partial charge in [0.1, 0.15) is 0 Å². The highest BCUT2D eigenvalue weighted by atomic mass is 14.9. The Morgan fingerprint density at radius 2 is 1.04 bits per heavy atom.